The number of nitrogens with one attached hydrogen (secondary N) is 2. The fourth-order valence-corrected chi connectivity index (χ4v) is 2.49. The predicted molar refractivity (Wildman–Crippen MR) is 87.7 cm³/mol. The van der Waals surface area contributed by atoms with Gasteiger partial charge in [-0.05, 0) is 41.1 Å². The molecule has 4 nitrogen and oxygen atoms in total. The molecular formula is C17H14N4. The van der Waals surface area contributed by atoms with Gasteiger partial charge in [0, 0.05) is 11.4 Å². The first kappa shape index (κ1) is 11.8. The third-order valence-electron chi connectivity index (χ3n) is 3.52. The van der Waals surface area contributed by atoms with Gasteiger partial charge in [-0.2, -0.15) is 0 Å². The molecule has 4 rings (SSSR count). The molecule has 0 saturated heterocycles. The third kappa shape index (κ3) is 2.17. The van der Waals surface area contributed by atoms with Crippen molar-refractivity contribution < 1.29 is 0 Å². The SMILES string of the molecule is Nc1ccc2nc(Nc3ccc4ccccc4c3)[nH]c2c1. The highest BCUT2D eigenvalue weighted by Crippen LogP contribution is 2.23. The predicted octanol–water partition coefficient (Wildman–Crippen LogP) is 4.04. The van der Waals surface area contributed by atoms with Crippen LogP contribution in [0.5, 0.6) is 0 Å². The van der Waals surface area contributed by atoms with Crippen molar-refractivity contribution in [1.82, 2.24) is 9.97 Å². The van der Waals surface area contributed by atoms with Gasteiger partial charge < -0.3 is 16.0 Å². The van der Waals surface area contributed by atoms with E-state index in [9.17, 15) is 0 Å². The first-order valence-corrected chi connectivity index (χ1v) is 6.79. The Hall–Kier alpha value is -3.01. The molecule has 21 heavy (non-hydrogen) atoms. The first-order valence-electron chi connectivity index (χ1n) is 6.79. The van der Waals surface area contributed by atoms with E-state index in [4.69, 9.17) is 5.73 Å². The van der Waals surface area contributed by atoms with Crippen molar-refractivity contribution >= 4 is 39.1 Å². The number of benzene rings is 3. The highest BCUT2D eigenvalue weighted by Gasteiger charge is 2.03. The number of nitrogen functional groups attached to an aromatic ring is 1. The van der Waals surface area contributed by atoms with Crippen molar-refractivity contribution in [2.45, 2.75) is 0 Å². The molecule has 1 aromatic heterocycles. The Balaban J connectivity index is 1.71. The maximum absolute atomic E-state index is 5.78. The van der Waals surface area contributed by atoms with Gasteiger partial charge in [-0.1, -0.05) is 30.3 Å². The number of hydrogen-bond acceptors (Lipinski definition) is 3. The molecule has 102 valence electrons. The smallest absolute Gasteiger partial charge is 0.205 e. The molecule has 0 amide bonds. The normalized spacial score (nSPS) is 11.0. The first-order chi connectivity index (χ1) is 10.3. The highest BCUT2D eigenvalue weighted by atomic mass is 15.1. The van der Waals surface area contributed by atoms with E-state index in [0.29, 0.717) is 5.95 Å². The molecule has 0 atom stereocenters. The summed E-state index contributed by atoms with van der Waals surface area (Å²) in [6.45, 7) is 0. The van der Waals surface area contributed by atoms with Gasteiger partial charge in [0.25, 0.3) is 0 Å². The maximum Gasteiger partial charge on any atom is 0.205 e. The number of imidazole rings is 1. The molecule has 0 spiro atoms. The second-order valence-electron chi connectivity index (χ2n) is 5.05. The van der Waals surface area contributed by atoms with Crippen LogP contribution in [-0.2, 0) is 0 Å². The van der Waals surface area contributed by atoms with Crippen molar-refractivity contribution in [1.29, 1.82) is 0 Å². The Bertz CT molecular complexity index is 940. The molecule has 0 aliphatic heterocycles. The highest BCUT2D eigenvalue weighted by molar-refractivity contribution is 5.87. The van der Waals surface area contributed by atoms with Crippen LogP contribution in [-0.4, -0.2) is 9.97 Å². The fourth-order valence-electron chi connectivity index (χ4n) is 2.49. The van der Waals surface area contributed by atoms with E-state index in [1.807, 2.05) is 36.4 Å². The van der Waals surface area contributed by atoms with Crippen LogP contribution in [0.1, 0.15) is 0 Å². The number of nitrogens with two attached hydrogens (primary N) is 1. The van der Waals surface area contributed by atoms with Crippen LogP contribution in [0.25, 0.3) is 21.8 Å². The molecule has 0 saturated carbocycles. The van der Waals surface area contributed by atoms with Gasteiger partial charge in [0.15, 0.2) is 0 Å². The monoisotopic (exact) mass is 274 g/mol. The van der Waals surface area contributed by atoms with Gasteiger partial charge in [0.05, 0.1) is 11.0 Å². The Morgan fingerprint density at radius 2 is 1.76 bits per heavy atom. The van der Waals surface area contributed by atoms with E-state index < -0.39 is 0 Å². The molecule has 3 aromatic carbocycles. The molecule has 4 aromatic rings. The van der Waals surface area contributed by atoms with E-state index in [1.165, 1.54) is 10.8 Å². The Morgan fingerprint density at radius 3 is 2.67 bits per heavy atom. The Morgan fingerprint density at radius 1 is 0.905 bits per heavy atom. The van der Waals surface area contributed by atoms with E-state index in [1.54, 1.807) is 0 Å². The number of nitrogens with zero attached hydrogens (tertiary/aromatic N) is 1. The van der Waals surface area contributed by atoms with Gasteiger partial charge >= 0.3 is 0 Å². The summed E-state index contributed by atoms with van der Waals surface area (Å²) in [5.41, 5.74) is 9.33. The maximum atomic E-state index is 5.78. The molecule has 0 unspecified atom stereocenters. The number of H-pyrrole nitrogens is 1. The Kier molecular flexibility index (Phi) is 2.54. The number of aromatic nitrogens is 2. The minimum absolute atomic E-state index is 0.714. The quantitative estimate of drug-likeness (QED) is 0.483. The molecule has 0 radical (unpaired) electrons. The molecule has 4 heteroatoms. The zero-order valence-electron chi connectivity index (χ0n) is 11.3. The molecule has 0 aliphatic rings. The van der Waals surface area contributed by atoms with Crippen LogP contribution in [0.3, 0.4) is 0 Å². The van der Waals surface area contributed by atoms with Crippen molar-refractivity contribution in [3.63, 3.8) is 0 Å². The van der Waals surface area contributed by atoms with Gasteiger partial charge in [0.2, 0.25) is 5.95 Å². The number of hydrogen-bond donors (Lipinski definition) is 3. The molecule has 0 bridgehead atoms. The van der Waals surface area contributed by atoms with Gasteiger partial charge in [-0.25, -0.2) is 4.98 Å². The summed E-state index contributed by atoms with van der Waals surface area (Å²) in [7, 11) is 0. The van der Waals surface area contributed by atoms with Crippen LogP contribution >= 0.6 is 0 Å². The second kappa shape index (κ2) is 4.52. The van der Waals surface area contributed by atoms with Gasteiger partial charge in [-0.3, -0.25) is 0 Å². The number of aromatic amines is 1. The molecule has 0 aliphatic carbocycles. The summed E-state index contributed by atoms with van der Waals surface area (Å²) in [5.74, 6) is 0.714. The number of rotatable bonds is 2. The summed E-state index contributed by atoms with van der Waals surface area (Å²) in [6, 6.07) is 20.2. The summed E-state index contributed by atoms with van der Waals surface area (Å²) >= 11 is 0. The van der Waals surface area contributed by atoms with Crippen molar-refractivity contribution in [2.24, 2.45) is 0 Å². The van der Waals surface area contributed by atoms with Crippen LogP contribution < -0.4 is 11.1 Å². The van der Waals surface area contributed by atoms with E-state index >= 15 is 0 Å². The van der Waals surface area contributed by atoms with Crippen molar-refractivity contribution in [3.05, 3.63) is 60.7 Å². The summed E-state index contributed by atoms with van der Waals surface area (Å²) in [4.78, 5) is 7.74. The van der Waals surface area contributed by atoms with Gasteiger partial charge in [0.1, 0.15) is 0 Å². The lowest BCUT2D eigenvalue weighted by Gasteiger charge is -2.04. The standard InChI is InChI=1S/C17H14N4/c18-13-6-8-15-16(10-13)21-17(20-15)19-14-7-5-11-3-1-2-4-12(11)9-14/h1-10H,18H2,(H2,19,20,21). The zero-order chi connectivity index (χ0) is 14.2. The lowest BCUT2D eigenvalue weighted by Crippen LogP contribution is -1.91. The average Bonchev–Trinajstić information content (AvgIpc) is 2.88. The number of anilines is 3. The van der Waals surface area contributed by atoms with E-state index in [2.05, 4.69) is 39.6 Å². The minimum atomic E-state index is 0.714. The fraction of sp³-hybridized carbons (Fsp3) is 0. The van der Waals surface area contributed by atoms with E-state index in [0.717, 1.165) is 22.4 Å². The third-order valence-corrected chi connectivity index (χ3v) is 3.52. The largest absolute Gasteiger partial charge is 0.399 e. The molecular weight excluding hydrogens is 260 g/mol. The lowest BCUT2D eigenvalue weighted by molar-refractivity contribution is 1.31. The zero-order valence-corrected chi connectivity index (χ0v) is 11.3. The summed E-state index contributed by atoms with van der Waals surface area (Å²) in [6.07, 6.45) is 0. The summed E-state index contributed by atoms with van der Waals surface area (Å²) in [5, 5.41) is 5.72. The van der Waals surface area contributed by atoms with Crippen molar-refractivity contribution in [2.75, 3.05) is 11.1 Å². The van der Waals surface area contributed by atoms with Gasteiger partial charge in [-0.15, -0.1) is 0 Å². The van der Waals surface area contributed by atoms with Crippen LogP contribution in [0, 0.1) is 0 Å². The second-order valence-corrected chi connectivity index (χ2v) is 5.05. The Labute approximate surface area is 121 Å². The van der Waals surface area contributed by atoms with Crippen LogP contribution in [0.4, 0.5) is 17.3 Å². The topological polar surface area (TPSA) is 66.7 Å². The summed E-state index contributed by atoms with van der Waals surface area (Å²) < 4.78 is 0. The minimum Gasteiger partial charge on any atom is -0.399 e. The average molecular weight is 274 g/mol. The van der Waals surface area contributed by atoms with E-state index in [-0.39, 0.29) is 0 Å². The lowest BCUT2D eigenvalue weighted by atomic mass is 10.1. The van der Waals surface area contributed by atoms with Crippen LogP contribution in [0.2, 0.25) is 0 Å². The molecule has 4 N–H and O–H groups in total. The molecule has 0 fully saturated rings. The van der Waals surface area contributed by atoms with Crippen molar-refractivity contribution in [3.8, 4) is 0 Å². The number of fused-ring (bicyclic) bond motifs is 2. The molecule has 1 heterocycles. The van der Waals surface area contributed by atoms with Crippen LogP contribution in [0.15, 0.2) is 60.7 Å².